The van der Waals surface area contributed by atoms with Crippen molar-refractivity contribution >= 4 is 34.9 Å². The molecule has 0 unspecified atom stereocenters. The number of benzene rings is 3. The molecule has 4 heteroatoms. The van der Waals surface area contributed by atoms with E-state index in [2.05, 4.69) is 30.1 Å². The summed E-state index contributed by atoms with van der Waals surface area (Å²) in [6, 6.07) is 20.1. The monoisotopic (exact) mass is 373 g/mol. The molecule has 0 aromatic heterocycles. The first kappa shape index (κ1) is 17.4. The lowest BCUT2D eigenvalue weighted by atomic mass is 9.98. The van der Waals surface area contributed by atoms with Crippen molar-refractivity contribution < 1.29 is 9.53 Å². The summed E-state index contributed by atoms with van der Waals surface area (Å²) in [6.45, 7) is 4.27. The van der Waals surface area contributed by atoms with Crippen molar-refractivity contribution in [3.8, 4) is 11.1 Å². The lowest BCUT2D eigenvalue weighted by Crippen LogP contribution is -2.29. The standard InChI is InChI=1S/C23H19NO2S/c1-14-7-6-9-17-16-12-11-15(23(25)26-3)13-20(16)27-22(21(14)17)18-8-4-5-10-19(18)24-2/h4-13,24H,1H2,2-3H3. The van der Waals surface area contributed by atoms with E-state index in [-0.39, 0.29) is 5.97 Å². The minimum Gasteiger partial charge on any atom is -0.465 e. The van der Waals surface area contributed by atoms with Crippen molar-refractivity contribution in [3.63, 3.8) is 0 Å². The van der Waals surface area contributed by atoms with E-state index in [0.717, 1.165) is 42.6 Å². The van der Waals surface area contributed by atoms with Crippen LogP contribution in [-0.4, -0.2) is 20.1 Å². The number of carbonyl (C=O) groups excluding carboxylic acids is 1. The van der Waals surface area contributed by atoms with E-state index < -0.39 is 0 Å². The zero-order valence-electron chi connectivity index (χ0n) is 15.2. The van der Waals surface area contributed by atoms with Gasteiger partial charge in [0, 0.05) is 33.3 Å². The van der Waals surface area contributed by atoms with Gasteiger partial charge in [0.1, 0.15) is 0 Å². The van der Waals surface area contributed by atoms with E-state index in [9.17, 15) is 4.79 Å². The number of rotatable bonds is 3. The van der Waals surface area contributed by atoms with Gasteiger partial charge in [-0.3, -0.25) is 0 Å². The highest BCUT2D eigenvalue weighted by Crippen LogP contribution is 2.43. The number of fused-ring (bicyclic) bond motifs is 3. The van der Waals surface area contributed by atoms with Gasteiger partial charge >= 0.3 is 5.97 Å². The van der Waals surface area contributed by atoms with E-state index in [1.165, 1.54) is 7.11 Å². The van der Waals surface area contributed by atoms with Crippen LogP contribution in [0, 0.1) is 0 Å². The van der Waals surface area contributed by atoms with Gasteiger partial charge in [0.15, 0.2) is 0 Å². The van der Waals surface area contributed by atoms with Gasteiger partial charge in [0.05, 0.1) is 12.7 Å². The molecule has 0 saturated carbocycles. The molecule has 1 aliphatic heterocycles. The molecular weight excluding hydrogens is 354 g/mol. The first-order valence-electron chi connectivity index (χ1n) is 8.64. The van der Waals surface area contributed by atoms with Gasteiger partial charge in [-0.2, -0.15) is 0 Å². The van der Waals surface area contributed by atoms with E-state index in [1.807, 2.05) is 49.5 Å². The first-order valence-corrected chi connectivity index (χ1v) is 9.45. The Kier molecular flexibility index (Phi) is 4.50. The van der Waals surface area contributed by atoms with Crippen molar-refractivity contribution in [1.29, 1.82) is 0 Å². The topological polar surface area (TPSA) is 38.3 Å². The molecule has 0 amide bonds. The second-order valence-electron chi connectivity index (χ2n) is 6.27. The fourth-order valence-electron chi connectivity index (χ4n) is 3.42. The molecule has 3 nitrogen and oxygen atoms in total. The van der Waals surface area contributed by atoms with Crippen molar-refractivity contribution in [1.82, 2.24) is 0 Å². The molecular formula is C23H19NO2S. The van der Waals surface area contributed by atoms with E-state index in [0.29, 0.717) is 5.56 Å². The third-order valence-electron chi connectivity index (χ3n) is 4.72. The number of thioether (sulfide) groups is 1. The average molecular weight is 373 g/mol. The summed E-state index contributed by atoms with van der Waals surface area (Å²) in [7, 11) is 3.33. The molecule has 0 atom stereocenters. The van der Waals surface area contributed by atoms with Crippen molar-refractivity contribution in [2.24, 2.45) is 0 Å². The second kappa shape index (κ2) is 6.97. The fraction of sp³-hybridized carbons (Fsp3) is 0.0870. The Hall–Kier alpha value is -2.98. The number of nitrogens with one attached hydrogen (secondary N) is 1. The van der Waals surface area contributed by atoms with Crippen LogP contribution in [0.5, 0.6) is 0 Å². The molecule has 4 rings (SSSR count). The smallest absolute Gasteiger partial charge is 0.337 e. The summed E-state index contributed by atoms with van der Waals surface area (Å²) < 4.78 is 4.89. The molecule has 1 aliphatic rings. The Balaban J connectivity index is 2.03. The summed E-state index contributed by atoms with van der Waals surface area (Å²) >= 11 is 1.67. The summed E-state index contributed by atoms with van der Waals surface area (Å²) in [4.78, 5) is 14.2. The molecule has 0 bridgehead atoms. The Morgan fingerprint density at radius 3 is 2.56 bits per heavy atom. The number of hydrogen-bond acceptors (Lipinski definition) is 4. The van der Waals surface area contributed by atoms with Gasteiger partial charge in [-0.1, -0.05) is 60.8 Å². The Morgan fingerprint density at radius 2 is 1.78 bits per heavy atom. The predicted octanol–water partition coefficient (Wildman–Crippen LogP) is 3.85. The number of esters is 1. The molecule has 0 radical (unpaired) electrons. The van der Waals surface area contributed by atoms with Crippen molar-refractivity contribution in [2.75, 3.05) is 19.5 Å². The minimum absolute atomic E-state index is 0.327. The van der Waals surface area contributed by atoms with E-state index >= 15 is 0 Å². The molecule has 3 aromatic carbocycles. The highest BCUT2D eigenvalue weighted by Gasteiger charge is 2.22. The van der Waals surface area contributed by atoms with E-state index in [1.54, 1.807) is 11.8 Å². The maximum Gasteiger partial charge on any atom is 0.337 e. The maximum absolute atomic E-state index is 12.0. The van der Waals surface area contributed by atoms with Crippen LogP contribution in [-0.2, 0) is 4.74 Å². The molecule has 0 saturated heterocycles. The van der Waals surface area contributed by atoms with E-state index in [4.69, 9.17) is 4.74 Å². The maximum atomic E-state index is 12.0. The van der Waals surface area contributed by atoms with Gasteiger partial charge in [-0.25, -0.2) is 4.79 Å². The quantitative estimate of drug-likeness (QED) is 0.708. The van der Waals surface area contributed by atoms with Crippen LogP contribution in [0.3, 0.4) is 0 Å². The number of ether oxygens (including phenoxy) is 1. The van der Waals surface area contributed by atoms with Gasteiger partial charge < -0.3 is 10.1 Å². The van der Waals surface area contributed by atoms with Gasteiger partial charge in [0.25, 0.3) is 0 Å². The molecule has 0 aliphatic carbocycles. The molecule has 134 valence electrons. The Bertz CT molecular complexity index is 1170. The van der Waals surface area contributed by atoms with Crippen LogP contribution < -0.4 is 15.8 Å². The number of para-hydroxylation sites is 1. The lowest BCUT2D eigenvalue weighted by Gasteiger charge is -2.22. The molecule has 1 heterocycles. The third kappa shape index (κ3) is 2.92. The molecule has 0 spiro atoms. The SMILES string of the molecule is C=c1cccc2c1=C(c1ccccc1NC)Sc1cc(C(=O)OC)ccc1-2. The summed E-state index contributed by atoms with van der Waals surface area (Å²) in [5.41, 5.74) is 4.98. The number of carbonyl (C=O) groups is 1. The van der Waals surface area contributed by atoms with Crippen LogP contribution >= 0.6 is 11.8 Å². The third-order valence-corrected chi connectivity index (χ3v) is 5.91. The Labute approximate surface area is 162 Å². The predicted molar refractivity (Wildman–Crippen MR) is 112 cm³/mol. The number of anilines is 1. The van der Waals surface area contributed by atoms with Crippen LogP contribution in [0.4, 0.5) is 5.69 Å². The summed E-state index contributed by atoms with van der Waals surface area (Å²) in [5.74, 6) is -0.327. The fourth-order valence-corrected chi connectivity index (χ4v) is 4.74. The highest BCUT2D eigenvalue weighted by molar-refractivity contribution is 8.08. The number of methoxy groups -OCH3 is 1. The first-order chi connectivity index (χ1) is 13.1. The van der Waals surface area contributed by atoms with Crippen LogP contribution in [0.2, 0.25) is 0 Å². The zero-order valence-corrected chi connectivity index (χ0v) is 16.0. The van der Waals surface area contributed by atoms with Crippen LogP contribution in [0.1, 0.15) is 15.9 Å². The normalized spacial score (nSPS) is 12.1. The molecule has 1 N–H and O–H groups in total. The van der Waals surface area contributed by atoms with Gasteiger partial charge in [-0.15, -0.1) is 0 Å². The average Bonchev–Trinajstić information content (AvgIpc) is 2.72. The zero-order chi connectivity index (χ0) is 19.0. The molecule has 0 fully saturated rings. The Morgan fingerprint density at radius 1 is 1.00 bits per heavy atom. The summed E-state index contributed by atoms with van der Waals surface area (Å²) in [5, 5.41) is 5.41. The molecule has 3 aromatic rings. The van der Waals surface area contributed by atoms with Crippen LogP contribution in [0.25, 0.3) is 22.6 Å². The largest absolute Gasteiger partial charge is 0.465 e. The van der Waals surface area contributed by atoms with Crippen LogP contribution in [0.15, 0.2) is 65.6 Å². The lowest BCUT2D eigenvalue weighted by molar-refractivity contribution is 0.0600. The number of hydrogen-bond donors (Lipinski definition) is 1. The van der Waals surface area contributed by atoms with Crippen molar-refractivity contribution in [2.45, 2.75) is 4.90 Å². The van der Waals surface area contributed by atoms with Gasteiger partial charge in [-0.05, 0) is 34.5 Å². The van der Waals surface area contributed by atoms with Crippen molar-refractivity contribution in [3.05, 3.63) is 82.2 Å². The highest BCUT2D eigenvalue weighted by atomic mass is 32.2. The molecule has 27 heavy (non-hydrogen) atoms. The second-order valence-corrected chi connectivity index (χ2v) is 7.32. The minimum atomic E-state index is -0.327. The summed E-state index contributed by atoms with van der Waals surface area (Å²) in [6.07, 6.45) is 0. The van der Waals surface area contributed by atoms with Gasteiger partial charge in [0.2, 0.25) is 0 Å².